The molecule has 4 atom stereocenters. The summed E-state index contributed by atoms with van der Waals surface area (Å²) in [6, 6.07) is 13.1. The molecule has 1 aromatic heterocycles. The quantitative estimate of drug-likeness (QED) is 0.734. The van der Waals surface area contributed by atoms with E-state index in [0.717, 1.165) is 37.5 Å². The van der Waals surface area contributed by atoms with Crippen LogP contribution < -0.4 is 10.3 Å². The summed E-state index contributed by atoms with van der Waals surface area (Å²) in [7, 11) is 1.68. The summed E-state index contributed by atoms with van der Waals surface area (Å²) in [6.07, 6.45) is 0.959. The van der Waals surface area contributed by atoms with Crippen molar-refractivity contribution in [1.29, 1.82) is 0 Å². The van der Waals surface area contributed by atoms with Crippen LogP contribution in [0.3, 0.4) is 0 Å². The maximum Gasteiger partial charge on any atom is 0.251 e. The number of aromatic nitrogens is 1. The van der Waals surface area contributed by atoms with Crippen molar-refractivity contribution in [3.63, 3.8) is 0 Å². The summed E-state index contributed by atoms with van der Waals surface area (Å²) in [5.41, 5.74) is 2.11. The van der Waals surface area contributed by atoms with Gasteiger partial charge >= 0.3 is 0 Å². The summed E-state index contributed by atoms with van der Waals surface area (Å²) < 4.78 is 12.8. The highest BCUT2D eigenvalue weighted by atomic mass is 16.5. The zero-order chi connectivity index (χ0) is 22.2. The van der Waals surface area contributed by atoms with Crippen LogP contribution in [0.2, 0.25) is 0 Å². The molecule has 4 heterocycles. The van der Waals surface area contributed by atoms with Crippen LogP contribution in [0.1, 0.15) is 36.6 Å². The highest BCUT2D eigenvalue weighted by Gasteiger charge is 2.45. The number of hydrogen-bond acceptors (Lipinski definition) is 5. The van der Waals surface area contributed by atoms with Gasteiger partial charge < -0.3 is 14.4 Å². The van der Waals surface area contributed by atoms with Crippen molar-refractivity contribution in [1.82, 2.24) is 14.4 Å². The molecular formula is C25H31N3O4. The number of morpholine rings is 1. The Bertz CT molecular complexity index is 1050. The summed E-state index contributed by atoms with van der Waals surface area (Å²) in [5, 5.41) is 0. The third-order valence-corrected chi connectivity index (χ3v) is 7.07. The molecule has 1 amide bonds. The Morgan fingerprint density at radius 2 is 2.00 bits per heavy atom. The van der Waals surface area contributed by atoms with E-state index < -0.39 is 6.04 Å². The number of methoxy groups -OCH3 is 1. The van der Waals surface area contributed by atoms with Gasteiger partial charge in [0.05, 0.1) is 19.8 Å². The molecule has 7 heteroatoms. The Hall–Kier alpha value is -2.64. The average Bonchev–Trinajstić information content (AvgIpc) is 2.79. The minimum atomic E-state index is -0.451. The fourth-order valence-electron chi connectivity index (χ4n) is 5.71. The number of carbonyl (C=O) groups excluding carboxylic acids is 1. The molecule has 2 fully saturated rings. The second-order valence-corrected chi connectivity index (χ2v) is 9.31. The molecule has 3 aliphatic heterocycles. The molecule has 2 bridgehead atoms. The summed E-state index contributed by atoms with van der Waals surface area (Å²) in [4.78, 5) is 31.0. The Morgan fingerprint density at radius 3 is 2.81 bits per heavy atom. The van der Waals surface area contributed by atoms with Crippen LogP contribution in [0.4, 0.5) is 0 Å². The molecule has 170 valence electrons. The molecule has 2 aromatic rings. The van der Waals surface area contributed by atoms with Crippen molar-refractivity contribution in [3.8, 4) is 5.75 Å². The lowest BCUT2D eigenvalue weighted by Gasteiger charge is -2.47. The first-order valence-electron chi connectivity index (χ1n) is 11.5. The third-order valence-electron chi connectivity index (χ3n) is 7.07. The highest BCUT2D eigenvalue weighted by molar-refractivity contribution is 5.81. The molecule has 5 rings (SSSR count). The number of benzene rings is 1. The first-order valence-corrected chi connectivity index (χ1v) is 11.5. The molecule has 1 aromatic carbocycles. The lowest BCUT2D eigenvalue weighted by molar-refractivity contribution is -0.145. The van der Waals surface area contributed by atoms with Gasteiger partial charge in [-0.2, -0.15) is 0 Å². The van der Waals surface area contributed by atoms with Crippen LogP contribution >= 0.6 is 0 Å². The lowest BCUT2D eigenvalue weighted by Crippen LogP contribution is -2.55. The second kappa shape index (κ2) is 8.71. The number of ether oxygens (including phenoxy) is 2. The first kappa shape index (κ1) is 21.2. The lowest BCUT2D eigenvalue weighted by atomic mass is 9.77. The van der Waals surface area contributed by atoms with Crippen LogP contribution in [-0.2, 0) is 16.1 Å². The summed E-state index contributed by atoms with van der Waals surface area (Å²) >= 11 is 0. The molecule has 0 radical (unpaired) electrons. The van der Waals surface area contributed by atoms with Gasteiger partial charge in [0.15, 0.2) is 0 Å². The standard InChI is InChI=1S/C25H31N3O4/c1-17-13-27(9-10-32-17)25(30)24-20-12-19(22-7-4-8-23(29)28(22)24)15-26(16-20)14-18-5-3-6-21(11-18)31-2/h3-8,11,17,19-20,24H,9-10,12-16H2,1-2H3/t17-,19-,20+,24+/m0/s1. The number of rotatable bonds is 4. The van der Waals surface area contributed by atoms with Gasteiger partial charge in [-0.25, -0.2) is 0 Å². The van der Waals surface area contributed by atoms with Crippen molar-refractivity contribution < 1.29 is 14.3 Å². The Balaban J connectivity index is 1.45. The topological polar surface area (TPSA) is 64.0 Å². The van der Waals surface area contributed by atoms with E-state index in [2.05, 4.69) is 17.0 Å². The van der Waals surface area contributed by atoms with Crippen molar-refractivity contribution in [2.45, 2.75) is 38.0 Å². The molecule has 32 heavy (non-hydrogen) atoms. The SMILES string of the molecule is COc1cccc(CN2C[C@@H]3C[C@H](C2)[C@H](C(=O)N2CCO[C@@H](C)C2)n2c3cccc2=O)c1. The molecule has 0 aliphatic carbocycles. The minimum Gasteiger partial charge on any atom is -0.497 e. The number of fused-ring (bicyclic) bond motifs is 4. The van der Waals surface area contributed by atoms with Crippen LogP contribution in [0, 0.1) is 5.92 Å². The van der Waals surface area contributed by atoms with E-state index in [1.165, 1.54) is 5.56 Å². The van der Waals surface area contributed by atoms with Gasteiger partial charge in [-0.15, -0.1) is 0 Å². The molecule has 0 spiro atoms. The summed E-state index contributed by atoms with van der Waals surface area (Å²) in [6.45, 7) is 6.18. The maximum atomic E-state index is 13.7. The van der Waals surface area contributed by atoms with Crippen molar-refractivity contribution in [3.05, 3.63) is 64.1 Å². The number of nitrogens with zero attached hydrogens (tertiary/aromatic N) is 3. The van der Waals surface area contributed by atoms with Crippen LogP contribution in [0.5, 0.6) is 5.75 Å². The molecular weight excluding hydrogens is 406 g/mol. The average molecular weight is 438 g/mol. The van der Waals surface area contributed by atoms with Gasteiger partial charge in [0.1, 0.15) is 11.8 Å². The number of pyridine rings is 1. The minimum absolute atomic E-state index is 0.0203. The van der Waals surface area contributed by atoms with Crippen molar-refractivity contribution in [2.24, 2.45) is 5.92 Å². The number of likely N-dealkylation sites (tertiary alicyclic amines) is 1. The normalized spacial score (nSPS) is 27.6. The van der Waals surface area contributed by atoms with Gasteiger partial charge in [0.2, 0.25) is 5.91 Å². The molecule has 0 saturated carbocycles. The number of carbonyl (C=O) groups is 1. The first-order chi connectivity index (χ1) is 15.5. The van der Waals surface area contributed by atoms with Crippen LogP contribution in [-0.4, -0.2) is 66.3 Å². The molecule has 0 unspecified atom stereocenters. The zero-order valence-electron chi connectivity index (χ0n) is 18.8. The van der Waals surface area contributed by atoms with Crippen LogP contribution in [0.25, 0.3) is 0 Å². The van der Waals surface area contributed by atoms with E-state index in [9.17, 15) is 9.59 Å². The molecule has 3 aliphatic rings. The fourth-order valence-corrected chi connectivity index (χ4v) is 5.71. The third kappa shape index (κ3) is 3.95. The van der Waals surface area contributed by atoms with E-state index in [0.29, 0.717) is 19.7 Å². The van der Waals surface area contributed by atoms with E-state index >= 15 is 0 Å². The molecule has 7 nitrogen and oxygen atoms in total. The second-order valence-electron chi connectivity index (χ2n) is 9.31. The van der Waals surface area contributed by atoms with Gasteiger partial charge in [-0.3, -0.25) is 19.1 Å². The van der Waals surface area contributed by atoms with Gasteiger partial charge in [0.25, 0.3) is 5.56 Å². The monoisotopic (exact) mass is 437 g/mol. The van der Waals surface area contributed by atoms with Gasteiger partial charge in [0, 0.05) is 56.3 Å². The smallest absolute Gasteiger partial charge is 0.251 e. The number of hydrogen-bond donors (Lipinski definition) is 0. The van der Waals surface area contributed by atoms with Crippen molar-refractivity contribution in [2.75, 3.05) is 39.9 Å². The fraction of sp³-hybridized carbons (Fsp3) is 0.520. The number of amides is 1. The van der Waals surface area contributed by atoms with E-state index in [-0.39, 0.29) is 29.4 Å². The predicted octanol–water partition coefficient (Wildman–Crippen LogP) is 2.26. The highest BCUT2D eigenvalue weighted by Crippen LogP contribution is 2.42. The Morgan fingerprint density at radius 1 is 1.16 bits per heavy atom. The largest absolute Gasteiger partial charge is 0.497 e. The maximum absolute atomic E-state index is 13.7. The van der Waals surface area contributed by atoms with Gasteiger partial charge in [-0.1, -0.05) is 18.2 Å². The van der Waals surface area contributed by atoms with Crippen LogP contribution in [0.15, 0.2) is 47.3 Å². The molecule has 2 saturated heterocycles. The van der Waals surface area contributed by atoms with E-state index in [1.54, 1.807) is 17.7 Å². The Kier molecular flexibility index (Phi) is 5.78. The Labute approximate surface area is 188 Å². The van der Waals surface area contributed by atoms with E-state index in [4.69, 9.17) is 9.47 Å². The van der Waals surface area contributed by atoms with E-state index in [1.807, 2.05) is 36.1 Å². The van der Waals surface area contributed by atoms with Gasteiger partial charge in [-0.05, 0) is 37.1 Å². The predicted molar refractivity (Wildman–Crippen MR) is 121 cm³/mol. The molecule has 0 N–H and O–H groups in total. The zero-order valence-corrected chi connectivity index (χ0v) is 18.8. The van der Waals surface area contributed by atoms with Crippen molar-refractivity contribution >= 4 is 5.91 Å². The number of piperidine rings is 1. The summed E-state index contributed by atoms with van der Waals surface area (Å²) in [5.74, 6) is 1.27.